The van der Waals surface area contributed by atoms with Crippen molar-refractivity contribution in [3.63, 3.8) is 0 Å². The van der Waals surface area contributed by atoms with E-state index in [1.165, 1.54) is 0 Å². The summed E-state index contributed by atoms with van der Waals surface area (Å²) in [6.07, 6.45) is 7.83. The number of benzene rings is 1. The van der Waals surface area contributed by atoms with Crippen molar-refractivity contribution >= 4 is 5.78 Å². The van der Waals surface area contributed by atoms with Gasteiger partial charge in [0.15, 0.2) is 5.78 Å². The van der Waals surface area contributed by atoms with Crippen LogP contribution in [0.15, 0.2) is 24.3 Å². The Labute approximate surface area is 96.9 Å². The van der Waals surface area contributed by atoms with Crippen LogP contribution in [-0.4, -0.2) is 12.3 Å². The van der Waals surface area contributed by atoms with Crippen LogP contribution in [0.4, 0.5) is 0 Å². The summed E-state index contributed by atoms with van der Waals surface area (Å²) in [4.78, 5) is 11.9. The molecule has 0 atom stereocenters. The second-order valence-electron chi connectivity index (χ2n) is 3.68. The van der Waals surface area contributed by atoms with E-state index in [0.717, 1.165) is 24.0 Å². The highest BCUT2D eigenvalue weighted by molar-refractivity contribution is 5.97. The van der Waals surface area contributed by atoms with Crippen molar-refractivity contribution in [2.45, 2.75) is 25.7 Å². The van der Waals surface area contributed by atoms with Gasteiger partial charge in [-0.25, -0.2) is 0 Å². The van der Waals surface area contributed by atoms with E-state index < -0.39 is 0 Å². The average Bonchev–Trinajstić information content (AvgIpc) is 2.30. The van der Waals surface area contributed by atoms with Crippen LogP contribution < -0.4 is 5.73 Å². The van der Waals surface area contributed by atoms with Crippen LogP contribution in [-0.2, 0) is 6.42 Å². The van der Waals surface area contributed by atoms with Gasteiger partial charge in [-0.1, -0.05) is 24.3 Å². The minimum absolute atomic E-state index is 0.166. The third-order valence-corrected chi connectivity index (χ3v) is 2.46. The molecule has 0 saturated carbocycles. The molecule has 0 heterocycles. The van der Waals surface area contributed by atoms with Crippen molar-refractivity contribution in [1.82, 2.24) is 0 Å². The highest BCUT2D eigenvalue weighted by Crippen LogP contribution is 2.13. The molecule has 2 nitrogen and oxygen atoms in total. The summed E-state index contributed by atoms with van der Waals surface area (Å²) in [5.74, 6) is 2.71. The predicted octanol–water partition coefficient (Wildman–Crippen LogP) is 2.17. The highest BCUT2D eigenvalue weighted by atomic mass is 16.1. The van der Waals surface area contributed by atoms with Gasteiger partial charge in [0.05, 0.1) is 0 Å². The molecular weight excluding hydrogens is 198 g/mol. The van der Waals surface area contributed by atoms with Gasteiger partial charge in [0.2, 0.25) is 0 Å². The number of hydrogen-bond donors (Lipinski definition) is 1. The third-order valence-electron chi connectivity index (χ3n) is 2.46. The molecule has 84 valence electrons. The second kappa shape index (κ2) is 6.81. The van der Waals surface area contributed by atoms with Gasteiger partial charge in [0.25, 0.3) is 0 Å². The minimum Gasteiger partial charge on any atom is -0.330 e. The van der Waals surface area contributed by atoms with E-state index in [1.54, 1.807) is 0 Å². The predicted molar refractivity (Wildman–Crippen MR) is 66.2 cm³/mol. The minimum atomic E-state index is 0.166. The molecule has 0 radical (unpaired) electrons. The lowest BCUT2D eigenvalue weighted by atomic mass is 9.98. The number of nitrogens with two attached hydrogens (primary N) is 1. The zero-order chi connectivity index (χ0) is 11.8. The van der Waals surface area contributed by atoms with Gasteiger partial charge in [-0.15, -0.1) is 12.3 Å². The number of ketones is 1. The van der Waals surface area contributed by atoms with Crippen molar-refractivity contribution in [2.75, 3.05) is 6.54 Å². The van der Waals surface area contributed by atoms with E-state index in [4.69, 9.17) is 12.2 Å². The Morgan fingerprint density at radius 1 is 1.38 bits per heavy atom. The summed E-state index contributed by atoms with van der Waals surface area (Å²) in [6, 6.07) is 7.64. The largest absolute Gasteiger partial charge is 0.330 e. The maximum absolute atomic E-state index is 11.9. The lowest BCUT2D eigenvalue weighted by Gasteiger charge is -2.06. The van der Waals surface area contributed by atoms with E-state index >= 15 is 0 Å². The van der Waals surface area contributed by atoms with Crippen LogP contribution >= 0.6 is 0 Å². The van der Waals surface area contributed by atoms with Crippen LogP contribution in [0.2, 0.25) is 0 Å². The van der Waals surface area contributed by atoms with E-state index in [1.807, 2.05) is 24.3 Å². The molecule has 2 heteroatoms. The molecule has 0 spiro atoms. The van der Waals surface area contributed by atoms with Crippen molar-refractivity contribution in [1.29, 1.82) is 0 Å². The summed E-state index contributed by atoms with van der Waals surface area (Å²) in [5.41, 5.74) is 7.35. The Bertz CT molecular complexity index is 390. The SMILES string of the molecule is C#CCCCC(=O)c1ccccc1CCN. The number of Topliss-reactive ketones (excluding diaryl/α,β-unsaturated/α-hetero) is 1. The van der Waals surface area contributed by atoms with Crippen LogP contribution in [0.5, 0.6) is 0 Å². The smallest absolute Gasteiger partial charge is 0.163 e. The van der Waals surface area contributed by atoms with E-state index in [-0.39, 0.29) is 5.78 Å². The Balaban J connectivity index is 2.70. The fourth-order valence-electron chi connectivity index (χ4n) is 1.65. The van der Waals surface area contributed by atoms with Crippen molar-refractivity contribution < 1.29 is 4.79 Å². The van der Waals surface area contributed by atoms with Crippen LogP contribution in [0.1, 0.15) is 35.2 Å². The molecule has 0 aliphatic heterocycles. The summed E-state index contributed by atoms with van der Waals surface area (Å²) < 4.78 is 0. The van der Waals surface area contributed by atoms with E-state index in [0.29, 0.717) is 19.4 Å². The number of carbonyl (C=O) groups is 1. The molecule has 0 amide bonds. The first kappa shape index (κ1) is 12.5. The molecule has 0 aromatic heterocycles. The van der Waals surface area contributed by atoms with Crippen LogP contribution in [0.25, 0.3) is 0 Å². The number of terminal acetylenes is 1. The highest BCUT2D eigenvalue weighted by Gasteiger charge is 2.09. The Morgan fingerprint density at radius 2 is 2.12 bits per heavy atom. The molecule has 1 aromatic carbocycles. The number of rotatable bonds is 6. The Hall–Kier alpha value is -1.59. The van der Waals surface area contributed by atoms with Gasteiger partial charge in [-0.3, -0.25) is 4.79 Å². The molecule has 0 unspecified atom stereocenters. The van der Waals surface area contributed by atoms with Gasteiger partial charge in [0, 0.05) is 18.4 Å². The first-order valence-electron chi connectivity index (χ1n) is 5.54. The van der Waals surface area contributed by atoms with Crippen molar-refractivity contribution in [2.24, 2.45) is 5.73 Å². The van der Waals surface area contributed by atoms with Gasteiger partial charge in [-0.05, 0) is 24.9 Å². The second-order valence-corrected chi connectivity index (χ2v) is 3.68. The van der Waals surface area contributed by atoms with Crippen molar-refractivity contribution in [3.8, 4) is 12.3 Å². The lowest BCUT2D eigenvalue weighted by Crippen LogP contribution is -2.08. The molecule has 0 aliphatic rings. The van der Waals surface area contributed by atoms with Gasteiger partial charge in [0.1, 0.15) is 0 Å². The molecule has 0 fully saturated rings. The zero-order valence-electron chi connectivity index (χ0n) is 9.41. The molecule has 16 heavy (non-hydrogen) atoms. The number of hydrogen-bond acceptors (Lipinski definition) is 2. The molecule has 0 bridgehead atoms. The molecular formula is C14H17NO. The monoisotopic (exact) mass is 215 g/mol. The van der Waals surface area contributed by atoms with Gasteiger partial charge >= 0.3 is 0 Å². The molecule has 1 rings (SSSR count). The summed E-state index contributed by atoms with van der Waals surface area (Å²) in [6.45, 7) is 0.564. The summed E-state index contributed by atoms with van der Waals surface area (Å²) in [5, 5.41) is 0. The number of carbonyl (C=O) groups excluding carboxylic acids is 1. The molecule has 0 aliphatic carbocycles. The normalized spacial score (nSPS) is 9.75. The van der Waals surface area contributed by atoms with Crippen LogP contribution in [0, 0.1) is 12.3 Å². The Kier molecular flexibility index (Phi) is 5.31. The standard InChI is InChI=1S/C14H17NO/c1-2-3-4-9-14(16)13-8-6-5-7-12(13)10-11-15/h1,5-8H,3-4,9-11,15H2. The molecule has 2 N–H and O–H groups in total. The van der Waals surface area contributed by atoms with Crippen LogP contribution in [0.3, 0.4) is 0 Å². The maximum atomic E-state index is 11.9. The molecule has 0 saturated heterocycles. The first-order chi connectivity index (χ1) is 7.79. The number of unbranched alkanes of at least 4 members (excludes halogenated alkanes) is 1. The summed E-state index contributed by atoms with van der Waals surface area (Å²) >= 11 is 0. The third kappa shape index (κ3) is 3.52. The Morgan fingerprint density at radius 3 is 2.81 bits per heavy atom. The maximum Gasteiger partial charge on any atom is 0.163 e. The first-order valence-corrected chi connectivity index (χ1v) is 5.54. The quantitative estimate of drug-likeness (QED) is 0.449. The topological polar surface area (TPSA) is 43.1 Å². The summed E-state index contributed by atoms with van der Waals surface area (Å²) in [7, 11) is 0. The fourth-order valence-corrected chi connectivity index (χ4v) is 1.65. The van der Waals surface area contributed by atoms with E-state index in [9.17, 15) is 4.79 Å². The average molecular weight is 215 g/mol. The van der Waals surface area contributed by atoms with Gasteiger partial charge < -0.3 is 5.73 Å². The fraction of sp³-hybridized carbons (Fsp3) is 0.357. The zero-order valence-corrected chi connectivity index (χ0v) is 9.41. The van der Waals surface area contributed by atoms with E-state index in [2.05, 4.69) is 5.92 Å². The van der Waals surface area contributed by atoms with Crippen molar-refractivity contribution in [3.05, 3.63) is 35.4 Å². The van der Waals surface area contributed by atoms with Gasteiger partial charge in [-0.2, -0.15) is 0 Å². The lowest BCUT2D eigenvalue weighted by molar-refractivity contribution is 0.0979. The molecule has 1 aromatic rings.